The van der Waals surface area contributed by atoms with Crippen molar-refractivity contribution < 1.29 is 33.4 Å². The van der Waals surface area contributed by atoms with Crippen LogP contribution in [0.25, 0.3) is 11.1 Å². The van der Waals surface area contributed by atoms with Crippen LogP contribution in [0.15, 0.2) is 48.5 Å². The summed E-state index contributed by atoms with van der Waals surface area (Å²) in [6.45, 7) is -0.0915. The van der Waals surface area contributed by atoms with E-state index in [1.807, 2.05) is 0 Å². The van der Waals surface area contributed by atoms with Gasteiger partial charge in [-0.2, -0.15) is 0 Å². The number of amides is 1. The Morgan fingerprint density at radius 1 is 1.00 bits per heavy atom. The minimum Gasteiger partial charge on any atom is -0.481 e. The number of carbonyl (C=O) groups is 2. The standard InChI is InChI=1S/C19H22FN2O6P/c20-16-7-5-15(6-8-16)14-3-1-13(2-4-14)11-17(22-12-29(26,27)28)19(25)21-10-9-18(23)24/h1-8,17,22H,9-12H2,(H,21,25)(H,23,24)(H2,26,27,28)/t17-/m0/s1. The van der Waals surface area contributed by atoms with E-state index in [0.717, 1.165) is 16.7 Å². The minimum atomic E-state index is -4.37. The van der Waals surface area contributed by atoms with Crippen LogP contribution in [0.1, 0.15) is 12.0 Å². The molecule has 156 valence electrons. The van der Waals surface area contributed by atoms with Crippen LogP contribution in [-0.4, -0.2) is 45.6 Å². The Labute approximate surface area is 166 Å². The lowest BCUT2D eigenvalue weighted by atomic mass is 10.0. The number of aliphatic carboxylic acids is 1. The molecule has 0 aliphatic heterocycles. The third kappa shape index (κ3) is 8.13. The highest BCUT2D eigenvalue weighted by molar-refractivity contribution is 7.51. The smallest absolute Gasteiger partial charge is 0.339 e. The third-order valence-corrected chi connectivity index (χ3v) is 4.66. The van der Waals surface area contributed by atoms with Crippen LogP contribution in [0.2, 0.25) is 0 Å². The fourth-order valence-corrected chi connectivity index (χ4v) is 3.07. The molecular formula is C19H22FN2O6P. The Balaban J connectivity index is 2.07. The third-order valence-electron chi connectivity index (χ3n) is 4.07. The van der Waals surface area contributed by atoms with Crippen molar-refractivity contribution in [2.45, 2.75) is 18.9 Å². The first-order valence-electron chi connectivity index (χ1n) is 8.76. The van der Waals surface area contributed by atoms with E-state index < -0.39 is 31.8 Å². The predicted molar refractivity (Wildman–Crippen MR) is 105 cm³/mol. The zero-order chi connectivity index (χ0) is 21.4. The second-order valence-corrected chi connectivity index (χ2v) is 8.07. The average Bonchev–Trinajstić information content (AvgIpc) is 2.65. The number of benzene rings is 2. The average molecular weight is 424 g/mol. The second-order valence-electron chi connectivity index (χ2n) is 6.42. The molecule has 0 unspecified atom stereocenters. The van der Waals surface area contributed by atoms with Gasteiger partial charge in [-0.05, 0) is 35.2 Å². The molecule has 2 aromatic carbocycles. The molecule has 29 heavy (non-hydrogen) atoms. The summed E-state index contributed by atoms with van der Waals surface area (Å²) in [5.74, 6) is -1.96. The van der Waals surface area contributed by atoms with Crippen molar-refractivity contribution in [3.05, 3.63) is 59.9 Å². The number of halogens is 1. The lowest BCUT2D eigenvalue weighted by Gasteiger charge is -2.19. The number of hydrogen-bond donors (Lipinski definition) is 5. The fraction of sp³-hybridized carbons (Fsp3) is 0.263. The van der Waals surface area contributed by atoms with Gasteiger partial charge in [0.25, 0.3) is 0 Å². The molecule has 8 nitrogen and oxygen atoms in total. The number of rotatable bonds is 10. The van der Waals surface area contributed by atoms with E-state index in [1.165, 1.54) is 12.1 Å². The molecule has 10 heteroatoms. The number of hydrogen-bond acceptors (Lipinski definition) is 4. The largest absolute Gasteiger partial charge is 0.481 e. The normalized spacial score (nSPS) is 12.4. The highest BCUT2D eigenvalue weighted by Crippen LogP contribution is 2.32. The fourth-order valence-electron chi connectivity index (χ4n) is 2.61. The van der Waals surface area contributed by atoms with Gasteiger partial charge in [-0.3, -0.25) is 19.5 Å². The first-order chi connectivity index (χ1) is 13.6. The summed E-state index contributed by atoms with van der Waals surface area (Å²) in [6.07, 6.45) is -0.802. The van der Waals surface area contributed by atoms with E-state index >= 15 is 0 Å². The van der Waals surface area contributed by atoms with Gasteiger partial charge in [0.05, 0.1) is 18.7 Å². The van der Waals surface area contributed by atoms with Crippen LogP contribution in [0, 0.1) is 5.82 Å². The van der Waals surface area contributed by atoms with Gasteiger partial charge in [0.15, 0.2) is 0 Å². The van der Waals surface area contributed by atoms with Crippen molar-refractivity contribution in [3.8, 4) is 11.1 Å². The van der Waals surface area contributed by atoms with E-state index in [2.05, 4.69) is 10.6 Å². The predicted octanol–water partition coefficient (Wildman–Crippen LogP) is 1.72. The van der Waals surface area contributed by atoms with E-state index in [0.29, 0.717) is 0 Å². The summed E-state index contributed by atoms with van der Waals surface area (Å²) in [5, 5.41) is 13.6. The molecule has 0 heterocycles. The highest BCUT2D eigenvalue weighted by atomic mass is 31.2. The molecule has 1 atom stereocenters. The zero-order valence-electron chi connectivity index (χ0n) is 15.4. The van der Waals surface area contributed by atoms with Crippen LogP contribution in [-0.2, 0) is 20.6 Å². The van der Waals surface area contributed by atoms with Gasteiger partial charge in [0, 0.05) is 6.54 Å². The summed E-state index contributed by atoms with van der Waals surface area (Å²) in [4.78, 5) is 41.0. The Morgan fingerprint density at radius 2 is 1.55 bits per heavy atom. The highest BCUT2D eigenvalue weighted by Gasteiger charge is 2.22. The summed E-state index contributed by atoms with van der Waals surface area (Å²) in [7, 11) is -4.37. The molecule has 2 aromatic rings. The Kier molecular flexibility index (Phi) is 8.04. The van der Waals surface area contributed by atoms with Crippen LogP contribution in [0.5, 0.6) is 0 Å². The number of carboxylic acids is 1. The summed E-state index contributed by atoms with van der Waals surface area (Å²) in [5.41, 5.74) is 2.40. The Morgan fingerprint density at radius 3 is 2.07 bits per heavy atom. The number of carbonyl (C=O) groups excluding carboxylic acids is 1. The van der Waals surface area contributed by atoms with Crippen molar-refractivity contribution in [1.82, 2.24) is 10.6 Å². The molecule has 0 radical (unpaired) electrons. The van der Waals surface area contributed by atoms with Gasteiger partial charge in [-0.25, -0.2) is 4.39 Å². The van der Waals surface area contributed by atoms with Crippen LogP contribution in [0.4, 0.5) is 4.39 Å². The quantitative estimate of drug-likeness (QED) is 0.367. The zero-order valence-corrected chi connectivity index (χ0v) is 16.3. The lowest BCUT2D eigenvalue weighted by molar-refractivity contribution is -0.137. The number of nitrogens with one attached hydrogen (secondary N) is 2. The molecule has 2 rings (SSSR count). The van der Waals surface area contributed by atoms with E-state index in [1.54, 1.807) is 36.4 Å². The van der Waals surface area contributed by atoms with E-state index in [4.69, 9.17) is 14.9 Å². The second kappa shape index (κ2) is 10.3. The van der Waals surface area contributed by atoms with Crippen molar-refractivity contribution in [2.75, 3.05) is 12.8 Å². The van der Waals surface area contributed by atoms with Gasteiger partial charge in [-0.1, -0.05) is 36.4 Å². The first-order valence-corrected chi connectivity index (χ1v) is 10.6. The van der Waals surface area contributed by atoms with Crippen molar-refractivity contribution in [2.24, 2.45) is 0 Å². The maximum atomic E-state index is 13.0. The Hall–Kier alpha value is -2.58. The van der Waals surface area contributed by atoms with Gasteiger partial charge in [-0.15, -0.1) is 0 Å². The Bertz CT molecular complexity index is 883. The van der Waals surface area contributed by atoms with E-state index in [9.17, 15) is 18.5 Å². The SMILES string of the molecule is O=C(O)CCNC(=O)[C@H](Cc1ccc(-c2ccc(F)cc2)cc1)NCP(=O)(O)O. The molecule has 0 fully saturated rings. The molecule has 0 aliphatic carbocycles. The molecule has 0 saturated heterocycles. The molecule has 0 aromatic heterocycles. The van der Waals surface area contributed by atoms with Crippen LogP contribution >= 0.6 is 7.60 Å². The van der Waals surface area contributed by atoms with Crippen LogP contribution < -0.4 is 10.6 Å². The van der Waals surface area contributed by atoms with E-state index in [-0.39, 0.29) is 25.2 Å². The van der Waals surface area contributed by atoms with Crippen molar-refractivity contribution >= 4 is 19.5 Å². The van der Waals surface area contributed by atoms with Gasteiger partial charge < -0.3 is 20.2 Å². The molecule has 0 bridgehead atoms. The van der Waals surface area contributed by atoms with Gasteiger partial charge >= 0.3 is 13.6 Å². The molecule has 0 saturated carbocycles. The van der Waals surface area contributed by atoms with Crippen molar-refractivity contribution in [1.29, 1.82) is 0 Å². The molecule has 0 aliphatic rings. The topological polar surface area (TPSA) is 136 Å². The van der Waals surface area contributed by atoms with Gasteiger partial charge in [0.1, 0.15) is 5.82 Å². The van der Waals surface area contributed by atoms with Gasteiger partial charge in [0.2, 0.25) is 5.91 Å². The lowest BCUT2D eigenvalue weighted by Crippen LogP contribution is -2.46. The maximum Gasteiger partial charge on any atom is 0.339 e. The maximum absolute atomic E-state index is 13.0. The molecule has 0 spiro atoms. The molecule has 1 amide bonds. The molecule has 5 N–H and O–H groups in total. The summed E-state index contributed by atoms with van der Waals surface area (Å²) in [6, 6.07) is 12.2. The molecular weight excluding hydrogens is 402 g/mol. The monoisotopic (exact) mass is 424 g/mol. The first kappa shape index (κ1) is 22.7. The minimum absolute atomic E-state index is 0.0915. The number of carboxylic acid groups (broad SMARTS) is 1. The summed E-state index contributed by atoms with van der Waals surface area (Å²) < 4.78 is 24.2. The van der Waals surface area contributed by atoms with Crippen LogP contribution in [0.3, 0.4) is 0 Å². The van der Waals surface area contributed by atoms with Crippen molar-refractivity contribution in [3.63, 3.8) is 0 Å². The summed E-state index contributed by atoms with van der Waals surface area (Å²) >= 11 is 0.